The summed E-state index contributed by atoms with van der Waals surface area (Å²) < 4.78 is 19.2. The molecule has 4 aromatic rings. The number of ketones is 2. The highest BCUT2D eigenvalue weighted by molar-refractivity contribution is 6.11. The van der Waals surface area contributed by atoms with Crippen molar-refractivity contribution >= 4 is 28.4 Å². The standard InChI is InChI=1S/C29H23FN2O4/c30-21-6-1-18(2-7-21)15-26(33)29(12-13-29)27(34)16-19-3-8-22(9-4-19)36-25-11-14-32-24-17-20(28(31)35)5-10-23(24)25/h1-11,14,17H,12-13,15-16H2,(H2,31,35). The summed E-state index contributed by atoms with van der Waals surface area (Å²) in [5, 5.41) is 0.733. The van der Waals surface area contributed by atoms with E-state index in [4.69, 9.17) is 10.5 Å². The van der Waals surface area contributed by atoms with E-state index >= 15 is 0 Å². The summed E-state index contributed by atoms with van der Waals surface area (Å²) >= 11 is 0. The Hall–Kier alpha value is -4.39. The van der Waals surface area contributed by atoms with Gasteiger partial charge in [0.1, 0.15) is 17.3 Å². The molecule has 1 heterocycles. The lowest BCUT2D eigenvalue weighted by molar-refractivity contribution is -0.133. The molecule has 7 heteroatoms. The van der Waals surface area contributed by atoms with Gasteiger partial charge in [0.15, 0.2) is 11.6 Å². The monoisotopic (exact) mass is 482 g/mol. The maximum atomic E-state index is 13.1. The molecule has 0 aliphatic heterocycles. The highest BCUT2D eigenvalue weighted by atomic mass is 19.1. The normalized spacial score (nSPS) is 13.8. The average Bonchev–Trinajstić information content (AvgIpc) is 3.69. The number of amides is 1. The van der Waals surface area contributed by atoms with Crippen LogP contribution < -0.4 is 10.5 Å². The van der Waals surface area contributed by atoms with Gasteiger partial charge in [-0.3, -0.25) is 19.4 Å². The van der Waals surface area contributed by atoms with Crippen molar-refractivity contribution in [3.63, 3.8) is 0 Å². The molecule has 6 nitrogen and oxygen atoms in total. The van der Waals surface area contributed by atoms with Crippen LogP contribution in [0.4, 0.5) is 4.39 Å². The second kappa shape index (κ2) is 9.34. The summed E-state index contributed by atoms with van der Waals surface area (Å²) in [5.74, 6) is 0.0663. The van der Waals surface area contributed by atoms with E-state index in [0.717, 1.165) is 10.9 Å². The number of Topliss-reactive ketones (excluding diaryl/α,β-unsaturated/α-hetero) is 2. The fourth-order valence-electron chi connectivity index (χ4n) is 4.32. The predicted octanol–water partition coefficient (Wildman–Crippen LogP) is 4.97. The van der Waals surface area contributed by atoms with Crippen LogP contribution in [0.25, 0.3) is 10.9 Å². The first kappa shape index (κ1) is 23.4. The first-order valence-corrected chi connectivity index (χ1v) is 11.6. The van der Waals surface area contributed by atoms with E-state index < -0.39 is 11.3 Å². The number of aromatic nitrogens is 1. The highest BCUT2D eigenvalue weighted by Crippen LogP contribution is 2.48. The zero-order valence-corrected chi connectivity index (χ0v) is 19.4. The lowest BCUT2D eigenvalue weighted by Crippen LogP contribution is -2.28. The molecule has 1 amide bonds. The molecular formula is C29H23FN2O4. The minimum atomic E-state index is -0.927. The van der Waals surface area contributed by atoms with Gasteiger partial charge >= 0.3 is 0 Å². The van der Waals surface area contributed by atoms with E-state index in [1.807, 2.05) is 12.1 Å². The quantitative estimate of drug-likeness (QED) is 0.340. The van der Waals surface area contributed by atoms with Gasteiger partial charge in [0.25, 0.3) is 0 Å². The van der Waals surface area contributed by atoms with E-state index in [0.29, 0.717) is 41.0 Å². The van der Waals surface area contributed by atoms with Gasteiger partial charge in [0, 0.05) is 30.0 Å². The molecule has 0 radical (unpaired) electrons. The SMILES string of the molecule is NC(=O)c1ccc2c(Oc3ccc(CC(=O)C4(C(=O)Cc5ccc(F)cc5)CC4)cc3)ccnc2c1. The van der Waals surface area contributed by atoms with Crippen LogP contribution in [0.2, 0.25) is 0 Å². The van der Waals surface area contributed by atoms with Gasteiger partial charge < -0.3 is 10.5 Å². The van der Waals surface area contributed by atoms with Gasteiger partial charge in [0.05, 0.1) is 10.9 Å². The van der Waals surface area contributed by atoms with Gasteiger partial charge in [-0.05, 0) is 72.5 Å². The van der Waals surface area contributed by atoms with Crippen LogP contribution in [-0.4, -0.2) is 22.5 Å². The molecule has 1 aromatic heterocycles. The molecule has 0 atom stereocenters. The Morgan fingerprint density at radius 2 is 1.47 bits per heavy atom. The van der Waals surface area contributed by atoms with Crippen molar-refractivity contribution in [2.45, 2.75) is 25.7 Å². The molecule has 1 aliphatic rings. The van der Waals surface area contributed by atoms with Gasteiger partial charge in [0.2, 0.25) is 5.91 Å². The topological polar surface area (TPSA) is 99.4 Å². The average molecular weight is 483 g/mol. The maximum absolute atomic E-state index is 13.1. The van der Waals surface area contributed by atoms with Gasteiger partial charge in [-0.1, -0.05) is 24.3 Å². The third-order valence-electron chi connectivity index (χ3n) is 6.60. The summed E-state index contributed by atoms with van der Waals surface area (Å²) in [4.78, 5) is 41.6. The zero-order chi connectivity index (χ0) is 25.3. The van der Waals surface area contributed by atoms with Crippen molar-refractivity contribution in [2.75, 3.05) is 0 Å². The van der Waals surface area contributed by atoms with Crippen LogP contribution in [0.5, 0.6) is 11.5 Å². The van der Waals surface area contributed by atoms with Crippen molar-refractivity contribution in [3.05, 3.63) is 102 Å². The molecule has 0 bridgehead atoms. The molecule has 0 saturated heterocycles. The van der Waals surface area contributed by atoms with E-state index in [-0.39, 0.29) is 30.2 Å². The molecule has 1 saturated carbocycles. The van der Waals surface area contributed by atoms with Crippen LogP contribution in [0.15, 0.2) is 79.0 Å². The molecule has 0 unspecified atom stereocenters. The van der Waals surface area contributed by atoms with Crippen molar-refractivity contribution in [1.82, 2.24) is 4.98 Å². The first-order valence-electron chi connectivity index (χ1n) is 11.6. The third kappa shape index (κ3) is 4.73. The minimum Gasteiger partial charge on any atom is -0.457 e. The number of hydrogen-bond donors (Lipinski definition) is 1. The van der Waals surface area contributed by atoms with Crippen LogP contribution >= 0.6 is 0 Å². The lowest BCUT2D eigenvalue weighted by Gasteiger charge is -2.14. The van der Waals surface area contributed by atoms with Crippen LogP contribution in [-0.2, 0) is 22.4 Å². The van der Waals surface area contributed by atoms with Gasteiger partial charge in [-0.2, -0.15) is 0 Å². The van der Waals surface area contributed by atoms with Crippen molar-refractivity contribution in [3.8, 4) is 11.5 Å². The van der Waals surface area contributed by atoms with Crippen LogP contribution in [0.3, 0.4) is 0 Å². The largest absolute Gasteiger partial charge is 0.457 e. The number of fused-ring (bicyclic) bond motifs is 1. The van der Waals surface area contributed by atoms with Gasteiger partial charge in [-0.15, -0.1) is 0 Å². The Balaban J connectivity index is 1.25. The Kier molecular flexibility index (Phi) is 6.06. The number of nitrogens with zero attached hydrogens (tertiary/aromatic N) is 1. The van der Waals surface area contributed by atoms with Crippen LogP contribution in [0.1, 0.15) is 34.3 Å². The highest BCUT2D eigenvalue weighted by Gasteiger charge is 2.54. The minimum absolute atomic E-state index is 0.0892. The summed E-state index contributed by atoms with van der Waals surface area (Å²) in [5.41, 5.74) is 6.87. The number of benzene rings is 3. The van der Waals surface area contributed by atoms with Gasteiger partial charge in [-0.25, -0.2) is 4.39 Å². The molecule has 1 fully saturated rings. The molecule has 1 aliphatic carbocycles. The number of hydrogen-bond acceptors (Lipinski definition) is 5. The van der Waals surface area contributed by atoms with Crippen molar-refractivity contribution in [2.24, 2.45) is 11.1 Å². The second-order valence-electron chi connectivity index (χ2n) is 9.06. The number of rotatable bonds is 9. The number of ether oxygens (including phenoxy) is 1. The summed E-state index contributed by atoms with van der Waals surface area (Å²) in [7, 11) is 0. The Labute approximate surface area is 206 Å². The molecule has 3 aromatic carbocycles. The Morgan fingerprint density at radius 1 is 0.861 bits per heavy atom. The van der Waals surface area contributed by atoms with Crippen LogP contribution in [0, 0.1) is 11.2 Å². The Bertz CT molecular complexity index is 1480. The predicted molar refractivity (Wildman–Crippen MR) is 132 cm³/mol. The van der Waals surface area contributed by atoms with E-state index in [1.165, 1.54) is 12.1 Å². The number of nitrogens with two attached hydrogens (primary N) is 1. The first-order chi connectivity index (χ1) is 17.3. The number of carbonyl (C=O) groups excluding carboxylic acids is 3. The number of carbonyl (C=O) groups is 3. The van der Waals surface area contributed by atoms with E-state index in [1.54, 1.807) is 54.7 Å². The molecule has 2 N–H and O–H groups in total. The molecule has 36 heavy (non-hydrogen) atoms. The lowest BCUT2D eigenvalue weighted by atomic mass is 9.88. The smallest absolute Gasteiger partial charge is 0.248 e. The number of primary amides is 1. The van der Waals surface area contributed by atoms with E-state index in [2.05, 4.69) is 4.98 Å². The fraction of sp³-hybridized carbons (Fsp3) is 0.172. The van der Waals surface area contributed by atoms with Crippen molar-refractivity contribution < 1.29 is 23.5 Å². The molecular weight excluding hydrogens is 459 g/mol. The fourth-order valence-corrected chi connectivity index (χ4v) is 4.32. The van der Waals surface area contributed by atoms with E-state index in [9.17, 15) is 18.8 Å². The number of pyridine rings is 1. The summed E-state index contributed by atoms with van der Waals surface area (Å²) in [6.45, 7) is 0. The number of halogens is 1. The third-order valence-corrected chi connectivity index (χ3v) is 6.60. The Morgan fingerprint density at radius 3 is 2.06 bits per heavy atom. The van der Waals surface area contributed by atoms with Crippen molar-refractivity contribution in [1.29, 1.82) is 0 Å². The molecule has 180 valence electrons. The summed E-state index contributed by atoms with van der Waals surface area (Å²) in [6.07, 6.45) is 2.98. The zero-order valence-electron chi connectivity index (χ0n) is 19.4. The molecule has 0 spiro atoms. The summed E-state index contributed by atoms with van der Waals surface area (Å²) in [6, 6.07) is 19.7. The molecule has 5 rings (SSSR count). The second-order valence-corrected chi connectivity index (χ2v) is 9.06. The maximum Gasteiger partial charge on any atom is 0.248 e.